The van der Waals surface area contributed by atoms with Gasteiger partial charge in [0.05, 0.1) is 7.11 Å². The number of hydrogen-bond donors (Lipinski definition) is 3. The van der Waals surface area contributed by atoms with Crippen LogP contribution in [0, 0.1) is 6.92 Å². The van der Waals surface area contributed by atoms with Crippen LogP contribution in [0.4, 0.5) is 0 Å². The van der Waals surface area contributed by atoms with Crippen LogP contribution in [0.2, 0.25) is 0 Å². The van der Waals surface area contributed by atoms with Crippen molar-refractivity contribution in [3.8, 4) is 17.2 Å². The molecular weight excluding hydrogens is 516 g/mol. The fraction of sp³-hybridized carbons (Fsp3) is 0.556. The number of halogens is 2. The van der Waals surface area contributed by atoms with Crippen LogP contribution in [0.1, 0.15) is 65.3 Å². The van der Waals surface area contributed by atoms with Crippen molar-refractivity contribution in [1.82, 2.24) is 10.2 Å². The van der Waals surface area contributed by atoms with Crippen molar-refractivity contribution < 1.29 is 14.9 Å². The van der Waals surface area contributed by atoms with E-state index in [2.05, 4.69) is 36.3 Å². The number of likely N-dealkylation sites (N-methyl/N-ethyl adjacent to an activating group) is 1. The van der Waals surface area contributed by atoms with Gasteiger partial charge in [-0.15, -0.1) is 29.4 Å². The highest BCUT2D eigenvalue weighted by Crippen LogP contribution is 2.46. The lowest BCUT2D eigenvalue weighted by molar-refractivity contribution is 0.272. The smallest absolute Gasteiger partial charge is 0.160 e. The lowest BCUT2D eigenvalue weighted by Crippen LogP contribution is -2.32. The second-order valence-electron chi connectivity index (χ2n) is 9.96. The second-order valence-corrected chi connectivity index (χ2v) is 9.96. The molecule has 2 aliphatic heterocycles. The van der Waals surface area contributed by atoms with Crippen LogP contribution >= 0.6 is 29.4 Å². The van der Waals surface area contributed by atoms with Crippen molar-refractivity contribution in [2.45, 2.75) is 69.4 Å². The molecule has 2 saturated heterocycles. The van der Waals surface area contributed by atoms with Crippen LogP contribution in [0.3, 0.4) is 0 Å². The number of methoxy groups -OCH3 is 1. The lowest BCUT2D eigenvalue weighted by atomic mass is 9.79. The van der Waals surface area contributed by atoms with Crippen molar-refractivity contribution in [3.63, 3.8) is 0 Å². The molecule has 0 bridgehead atoms. The molecule has 7 heteroatoms. The molecule has 2 aromatic rings. The van der Waals surface area contributed by atoms with Crippen molar-refractivity contribution in [2.75, 3.05) is 27.2 Å². The Hall–Kier alpha value is -1.47. The maximum Gasteiger partial charge on any atom is 0.160 e. The number of nitrogens with one attached hydrogen (secondary N) is 1. The van der Waals surface area contributed by atoms with E-state index < -0.39 is 0 Å². The minimum Gasteiger partial charge on any atom is -0.504 e. The van der Waals surface area contributed by atoms with Gasteiger partial charge in [0.2, 0.25) is 0 Å². The quantitative estimate of drug-likeness (QED) is 0.422. The van der Waals surface area contributed by atoms with Gasteiger partial charge < -0.3 is 25.2 Å². The molecule has 34 heavy (non-hydrogen) atoms. The van der Waals surface area contributed by atoms with Gasteiger partial charge in [-0.2, -0.15) is 0 Å². The maximum absolute atomic E-state index is 9.87. The number of aromatic hydroxyl groups is 2. The summed E-state index contributed by atoms with van der Waals surface area (Å²) in [7, 11) is 3.97. The summed E-state index contributed by atoms with van der Waals surface area (Å²) in [5.74, 6) is 2.51. The summed E-state index contributed by atoms with van der Waals surface area (Å²) in [6.07, 6.45) is 6.83. The Morgan fingerprint density at radius 2 is 1.65 bits per heavy atom. The fourth-order valence-corrected chi connectivity index (χ4v) is 6.73. The monoisotopic (exact) mass is 552 g/mol. The predicted octanol–water partition coefficient (Wildman–Crippen LogP) is 5.23. The molecule has 2 heterocycles. The van der Waals surface area contributed by atoms with Gasteiger partial charge in [0.15, 0.2) is 11.5 Å². The first-order valence-corrected chi connectivity index (χ1v) is 12.1. The third-order valence-electron chi connectivity index (χ3n) is 8.36. The molecule has 0 aromatic heterocycles. The van der Waals surface area contributed by atoms with Gasteiger partial charge in [0, 0.05) is 29.5 Å². The van der Waals surface area contributed by atoms with Crippen molar-refractivity contribution >= 4 is 29.4 Å². The summed E-state index contributed by atoms with van der Waals surface area (Å²) in [5.41, 5.74) is 6.48. The van der Waals surface area contributed by atoms with Gasteiger partial charge in [-0.05, 0) is 93.9 Å². The third-order valence-corrected chi connectivity index (χ3v) is 8.36. The molecule has 188 valence electrons. The van der Waals surface area contributed by atoms with Crippen LogP contribution in [0.25, 0.3) is 0 Å². The predicted molar refractivity (Wildman–Crippen MR) is 145 cm³/mol. The van der Waals surface area contributed by atoms with Crippen LogP contribution in [0.15, 0.2) is 24.3 Å². The first kappa shape index (κ1) is 27.1. The summed E-state index contributed by atoms with van der Waals surface area (Å²) in [5, 5.41) is 23.0. The highest BCUT2D eigenvalue weighted by atomic mass is 79.9. The Balaban J connectivity index is 0.000000180. The molecule has 4 atom stereocenters. The number of likely N-dealkylation sites (tertiary alicyclic amines) is 1. The first-order chi connectivity index (χ1) is 15.5. The molecule has 4 aliphatic rings. The van der Waals surface area contributed by atoms with Gasteiger partial charge >= 0.3 is 0 Å². The number of hydrogen-bond acceptors (Lipinski definition) is 5. The van der Waals surface area contributed by atoms with Crippen LogP contribution in [0.5, 0.6) is 17.2 Å². The first-order valence-electron chi connectivity index (χ1n) is 12.1. The molecular formula is C27H38BrClN2O3. The van der Waals surface area contributed by atoms with Crippen LogP contribution in [-0.4, -0.2) is 54.4 Å². The molecule has 2 aliphatic carbocycles. The minimum atomic E-state index is 0. The number of phenols is 2. The van der Waals surface area contributed by atoms with Gasteiger partial charge in [0.25, 0.3) is 0 Å². The van der Waals surface area contributed by atoms with Crippen molar-refractivity contribution in [3.05, 3.63) is 52.1 Å². The van der Waals surface area contributed by atoms with E-state index in [4.69, 9.17) is 4.74 Å². The Bertz CT molecular complexity index is 1020. The van der Waals surface area contributed by atoms with Crippen LogP contribution < -0.4 is 10.1 Å². The summed E-state index contributed by atoms with van der Waals surface area (Å²) in [6.45, 7) is 4.44. The van der Waals surface area contributed by atoms with Gasteiger partial charge in [-0.3, -0.25) is 0 Å². The van der Waals surface area contributed by atoms with Crippen molar-refractivity contribution in [2.24, 2.45) is 0 Å². The Morgan fingerprint density at radius 1 is 0.941 bits per heavy atom. The van der Waals surface area contributed by atoms with E-state index in [0.717, 1.165) is 43.0 Å². The highest BCUT2D eigenvalue weighted by molar-refractivity contribution is 8.93. The standard InChI is InChI=1S/C14H19NO.C13H17NO2.BrH.ClH/c1-9-3-4-10-11-7-8-15-13(11)6-5-12(10)14(9)16-2;1-14-7-6-9-8-3-5-12(15)13(16)10(8)2-4-11(9)14;;/h3-4,11,13,15H,5-8H2,1-2H3;3,5,9,11,15-16H,2,4,6-7H2,1H3;2*1H/t11-,13-;9-,11-;;/m00../s1. The number of rotatable bonds is 1. The zero-order valence-electron chi connectivity index (χ0n) is 20.3. The third kappa shape index (κ3) is 4.67. The minimum absolute atomic E-state index is 0. The normalized spacial score (nSPS) is 26.4. The highest BCUT2D eigenvalue weighted by Gasteiger charge is 2.38. The van der Waals surface area contributed by atoms with E-state index in [1.54, 1.807) is 13.2 Å². The molecule has 0 amide bonds. The van der Waals surface area contributed by atoms with E-state index in [-0.39, 0.29) is 40.9 Å². The molecule has 6 rings (SSSR count). The van der Waals surface area contributed by atoms with E-state index >= 15 is 0 Å². The molecule has 3 N–H and O–H groups in total. The largest absolute Gasteiger partial charge is 0.504 e. The molecule has 2 fully saturated rings. The van der Waals surface area contributed by atoms with E-state index in [1.807, 2.05) is 6.07 Å². The molecule has 0 unspecified atom stereocenters. The molecule has 0 saturated carbocycles. The average Bonchev–Trinajstić information content (AvgIpc) is 3.43. The average molecular weight is 554 g/mol. The Morgan fingerprint density at radius 3 is 2.41 bits per heavy atom. The zero-order chi connectivity index (χ0) is 22.4. The topological polar surface area (TPSA) is 65.0 Å². The van der Waals surface area contributed by atoms with Gasteiger partial charge in [-0.1, -0.05) is 18.2 Å². The Kier molecular flexibility index (Phi) is 8.83. The molecule has 2 aromatic carbocycles. The van der Waals surface area contributed by atoms with Gasteiger partial charge in [-0.25, -0.2) is 0 Å². The number of aryl methyl sites for hydroxylation is 1. The Labute approximate surface area is 220 Å². The maximum atomic E-state index is 9.87. The van der Waals surface area contributed by atoms with E-state index in [9.17, 15) is 10.2 Å². The van der Waals surface area contributed by atoms with E-state index in [0.29, 0.717) is 18.0 Å². The zero-order valence-corrected chi connectivity index (χ0v) is 22.9. The number of benzene rings is 2. The number of ether oxygens (including phenoxy) is 1. The fourth-order valence-electron chi connectivity index (χ4n) is 6.73. The molecule has 0 spiro atoms. The van der Waals surface area contributed by atoms with Gasteiger partial charge in [0.1, 0.15) is 5.75 Å². The number of nitrogens with zero attached hydrogens (tertiary/aromatic N) is 1. The summed E-state index contributed by atoms with van der Waals surface area (Å²) < 4.78 is 5.57. The lowest BCUT2D eigenvalue weighted by Gasteiger charge is -2.32. The summed E-state index contributed by atoms with van der Waals surface area (Å²) in [6, 6.07) is 9.46. The van der Waals surface area contributed by atoms with Crippen LogP contribution in [-0.2, 0) is 12.8 Å². The second kappa shape index (κ2) is 11.1. The number of fused-ring (bicyclic) bond motifs is 6. The SMILES string of the molecule is Br.CN1CC[C@H]2c3ccc(O)c(O)c3CC[C@@H]21.COc1c(C)ccc2c1CC[C@@H]1NCC[C@@H]21.Cl. The molecule has 5 nitrogen and oxygen atoms in total. The number of phenolic OH excluding ortho intramolecular Hbond substituents is 2. The molecule has 0 radical (unpaired) electrons. The summed E-state index contributed by atoms with van der Waals surface area (Å²) >= 11 is 0. The summed E-state index contributed by atoms with van der Waals surface area (Å²) in [4.78, 5) is 2.41. The van der Waals surface area contributed by atoms with E-state index in [1.165, 1.54) is 48.1 Å². The van der Waals surface area contributed by atoms with Crippen molar-refractivity contribution in [1.29, 1.82) is 0 Å².